The molecule has 0 aliphatic rings. The molecule has 1 rings (SSSR count). The van der Waals surface area contributed by atoms with Gasteiger partial charge in [-0.3, -0.25) is 0 Å². The maximum atomic E-state index is 11.1. The molecule has 0 saturated carbocycles. The van der Waals surface area contributed by atoms with Gasteiger partial charge in [-0.05, 0) is 26.8 Å². The van der Waals surface area contributed by atoms with Gasteiger partial charge in [0, 0.05) is 23.9 Å². The van der Waals surface area contributed by atoms with Crippen molar-refractivity contribution in [2.45, 2.75) is 26.4 Å². The van der Waals surface area contributed by atoms with Crippen molar-refractivity contribution >= 4 is 5.97 Å². The lowest BCUT2D eigenvalue weighted by molar-refractivity contribution is -0.147. The number of ether oxygens (including phenoxy) is 1. The molecule has 0 spiro atoms. The number of hydrogen-bond acceptors (Lipinski definition) is 2. The lowest BCUT2D eigenvalue weighted by Gasteiger charge is -2.16. The van der Waals surface area contributed by atoms with Crippen LogP contribution in [0.25, 0.3) is 0 Å². The molecular weight excluding hydrogens is 178 g/mol. The Morgan fingerprint density at radius 2 is 2.21 bits per heavy atom. The molecule has 1 heterocycles. The number of rotatable bonds is 0. The van der Waals surface area contributed by atoms with Crippen molar-refractivity contribution < 1.29 is 9.53 Å². The van der Waals surface area contributed by atoms with Crippen molar-refractivity contribution in [3.63, 3.8) is 0 Å². The maximum Gasteiger partial charge on any atom is 0.385 e. The summed E-state index contributed by atoms with van der Waals surface area (Å²) in [6.07, 6.45) is 3.47. The van der Waals surface area contributed by atoms with Crippen molar-refractivity contribution in [1.82, 2.24) is 4.98 Å². The van der Waals surface area contributed by atoms with Crippen LogP contribution in [-0.2, 0) is 9.53 Å². The molecule has 3 nitrogen and oxygen atoms in total. The van der Waals surface area contributed by atoms with E-state index < -0.39 is 11.6 Å². The summed E-state index contributed by atoms with van der Waals surface area (Å²) in [5.41, 5.74) is 0.292. The molecule has 0 atom stereocenters. The summed E-state index contributed by atoms with van der Waals surface area (Å²) in [6, 6.07) is 1.79. The molecular formula is C11H13NO2. The number of esters is 1. The third-order valence-corrected chi connectivity index (χ3v) is 1.31. The first-order valence-corrected chi connectivity index (χ1v) is 4.35. The Labute approximate surface area is 83.5 Å². The van der Waals surface area contributed by atoms with E-state index >= 15 is 0 Å². The molecule has 0 aromatic carbocycles. The van der Waals surface area contributed by atoms with Gasteiger partial charge in [-0.25, -0.2) is 4.79 Å². The Bertz CT molecular complexity index is 360. The molecule has 1 N–H and O–H groups in total. The van der Waals surface area contributed by atoms with Crippen LogP contribution in [0.5, 0.6) is 0 Å². The van der Waals surface area contributed by atoms with E-state index in [4.69, 9.17) is 4.74 Å². The van der Waals surface area contributed by atoms with Gasteiger partial charge in [0.2, 0.25) is 0 Å². The zero-order valence-electron chi connectivity index (χ0n) is 8.55. The minimum atomic E-state index is -0.501. The third-order valence-electron chi connectivity index (χ3n) is 1.31. The van der Waals surface area contributed by atoms with Crippen LogP contribution in [0.2, 0.25) is 0 Å². The molecule has 1 aromatic rings. The summed E-state index contributed by atoms with van der Waals surface area (Å²) in [6.45, 7) is 5.43. The molecule has 74 valence electrons. The molecule has 0 aliphatic carbocycles. The standard InChI is InChI=1S/C11H13NO2/c1-11(2,3)14-10(13)5-4-9-6-7-12-8-9/h6-8,12H,1-3H3. The average Bonchev–Trinajstić information content (AvgIpc) is 2.49. The average molecular weight is 191 g/mol. The molecule has 1 aromatic heterocycles. The number of aromatic nitrogens is 1. The molecule has 14 heavy (non-hydrogen) atoms. The SMILES string of the molecule is CC(C)(C)OC(=O)C#Cc1cc[nH]c1. The van der Waals surface area contributed by atoms with Gasteiger partial charge in [0.15, 0.2) is 0 Å². The van der Waals surface area contributed by atoms with Crippen LogP contribution in [0.4, 0.5) is 0 Å². The van der Waals surface area contributed by atoms with E-state index in [0.29, 0.717) is 0 Å². The number of carbonyl (C=O) groups is 1. The van der Waals surface area contributed by atoms with Crippen molar-refractivity contribution in [1.29, 1.82) is 0 Å². The molecule has 0 radical (unpaired) electrons. The highest BCUT2D eigenvalue weighted by atomic mass is 16.6. The zero-order valence-corrected chi connectivity index (χ0v) is 8.55. The minimum absolute atomic E-state index is 0.482. The quantitative estimate of drug-likeness (QED) is 0.501. The second-order valence-electron chi connectivity index (χ2n) is 3.85. The van der Waals surface area contributed by atoms with Gasteiger partial charge >= 0.3 is 5.97 Å². The van der Waals surface area contributed by atoms with E-state index in [2.05, 4.69) is 16.8 Å². The molecule has 0 bridgehead atoms. The largest absolute Gasteiger partial charge is 0.450 e. The van der Waals surface area contributed by atoms with Crippen molar-refractivity contribution in [3.8, 4) is 11.8 Å². The Hall–Kier alpha value is -1.69. The van der Waals surface area contributed by atoms with E-state index in [1.807, 2.05) is 20.8 Å². The second kappa shape index (κ2) is 4.01. The van der Waals surface area contributed by atoms with Gasteiger partial charge in [-0.1, -0.05) is 5.92 Å². The minimum Gasteiger partial charge on any atom is -0.450 e. The molecule has 0 amide bonds. The maximum absolute atomic E-state index is 11.1. The van der Waals surface area contributed by atoms with Crippen molar-refractivity contribution in [3.05, 3.63) is 24.0 Å². The molecule has 0 unspecified atom stereocenters. The third kappa shape index (κ3) is 3.81. The molecule has 0 saturated heterocycles. The zero-order chi connectivity index (χ0) is 10.6. The first-order valence-electron chi connectivity index (χ1n) is 4.35. The number of aromatic amines is 1. The van der Waals surface area contributed by atoms with E-state index in [1.165, 1.54) is 0 Å². The Morgan fingerprint density at radius 1 is 1.50 bits per heavy atom. The molecule has 3 heteroatoms. The van der Waals surface area contributed by atoms with Crippen LogP contribution >= 0.6 is 0 Å². The number of H-pyrrole nitrogens is 1. The van der Waals surface area contributed by atoms with Gasteiger partial charge < -0.3 is 9.72 Å². The smallest absolute Gasteiger partial charge is 0.385 e. The lowest BCUT2D eigenvalue weighted by Crippen LogP contribution is -2.22. The normalized spacial score (nSPS) is 10.2. The Kier molecular flexibility index (Phi) is 2.98. The van der Waals surface area contributed by atoms with Crippen LogP contribution in [0.1, 0.15) is 26.3 Å². The fraction of sp³-hybridized carbons (Fsp3) is 0.364. The number of nitrogens with one attached hydrogen (secondary N) is 1. The van der Waals surface area contributed by atoms with Crippen molar-refractivity contribution in [2.75, 3.05) is 0 Å². The molecule has 0 aliphatic heterocycles. The van der Waals surface area contributed by atoms with Gasteiger partial charge in [0.25, 0.3) is 0 Å². The number of hydrogen-bond donors (Lipinski definition) is 1. The monoisotopic (exact) mass is 191 g/mol. The van der Waals surface area contributed by atoms with Gasteiger partial charge in [0.05, 0.1) is 0 Å². The summed E-state index contributed by atoms with van der Waals surface area (Å²) in [5.74, 6) is 4.60. The predicted molar refractivity (Wildman–Crippen MR) is 53.5 cm³/mol. The second-order valence-corrected chi connectivity index (χ2v) is 3.85. The van der Waals surface area contributed by atoms with Crippen LogP contribution in [-0.4, -0.2) is 16.6 Å². The summed E-state index contributed by atoms with van der Waals surface area (Å²) in [4.78, 5) is 14.0. The topological polar surface area (TPSA) is 42.1 Å². The van der Waals surface area contributed by atoms with E-state index in [9.17, 15) is 4.79 Å². The first kappa shape index (κ1) is 10.4. The summed E-state index contributed by atoms with van der Waals surface area (Å²) < 4.78 is 5.01. The predicted octanol–water partition coefficient (Wildman–Crippen LogP) is 1.71. The summed E-state index contributed by atoms with van der Waals surface area (Å²) >= 11 is 0. The fourth-order valence-corrected chi connectivity index (χ4v) is 0.828. The van der Waals surface area contributed by atoms with E-state index in [1.54, 1.807) is 18.5 Å². The van der Waals surface area contributed by atoms with Crippen LogP contribution in [0.3, 0.4) is 0 Å². The van der Waals surface area contributed by atoms with Crippen LogP contribution in [0.15, 0.2) is 18.5 Å². The Balaban J connectivity index is 2.57. The fourth-order valence-electron chi connectivity index (χ4n) is 0.828. The van der Waals surface area contributed by atoms with Crippen molar-refractivity contribution in [2.24, 2.45) is 0 Å². The van der Waals surface area contributed by atoms with Gasteiger partial charge in [-0.15, -0.1) is 0 Å². The van der Waals surface area contributed by atoms with Gasteiger partial charge in [-0.2, -0.15) is 0 Å². The summed E-state index contributed by atoms with van der Waals surface area (Å²) in [5, 5.41) is 0. The van der Waals surface area contributed by atoms with E-state index in [-0.39, 0.29) is 0 Å². The van der Waals surface area contributed by atoms with Gasteiger partial charge in [0.1, 0.15) is 5.60 Å². The molecule has 0 fully saturated rings. The highest BCUT2D eigenvalue weighted by Gasteiger charge is 2.13. The number of carbonyl (C=O) groups excluding carboxylic acids is 1. The van der Waals surface area contributed by atoms with Crippen LogP contribution < -0.4 is 0 Å². The Morgan fingerprint density at radius 3 is 2.71 bits per heavy atom. The summed E-state index contributed by atoms with van der Waals surface area (Å²) in [7, 11) is 0. The first-order chi connectivity index (χ1) is 6.47. The van der Waals surface area contributed by atoms with Crippen LogP contribution in [0, 0.1) is 11.8 Å². The highest BCUT2D eigenvalue weighted by molar-refractivity contribution is 5.89. The lowest BCUT2D eigenvalue weighted by atomic mass is 10.2. The highest BCUT2D eigenvalue weighted by Crippen LogP contribution is 2.06. The van der Waals surface area contributed by atoms with E-state index in [0.717, 1.165) is 5.56 Å².